The highest BCUT2D eigenvalue weighted by Gasteiger charge is 2.19. The van der Waals surface area contributed by atoms with Gasteiger partial charge >= 0.3 is 0 Å². The summed E-state index contributed by atoms with van der Waals surface area (Å²) in [6, 6.07) is 7.32. The molecule has 1 aromatic carbocycles. The van der Waals surface area contributed by atoms with Crippen LogP contribution in [0.4, 0.5) is 5.95 Å². The molecular formula is C17H21ClN6O. The first kappa shape index (κ1) is 17.3. The Morgan fingerprint density at radius 2 is 1.96 bits per heavy atom. The molecule has 25 heavy (non-hydrogen) atoms. The standard InChI is InChI=1S/C17H21ClN6O/c1-25-15-11-14(18)4-3-13(15)12-22-16(19)23-7-9-24(10-8-23)17-20-5-2-6-21-17/h2-6,11H,7-10,12H2,1H3,(H2,19,22). The molecule has 1 saturated heterocycles. The molecule has 0 aliphatic carbocycles. The molecule has 2 heterocycles. The molecule has 0 spiro atoms. The quantitative estimate of drug-likeness (QED) is 0.661. The van der Waals surface area contributed by atoms with Crippen molar-refractivity contribution in [2.75, 3.05) is 38.2 Å². The maximum absolute atomic E-state index is 6.16. The minimum atomic E-state index is 0.453. The Kier molecular flexibility index (Phi) is 5.55. The molecule has 1 aliphatic heterocycles. The summed E-state index contributed by atoms with van der Waals surface area (Å²) in [6.07, 6.45) is 3.51. The van der Waals surface area contributed by atoms with E-state index < -0.39 is 0 Å². The molecule has 1 fully saturated rings. The van der Waals surface area contributed by atoms with Crippen molar-refractivity contribution >= 4 is 23.5 Å². The fourth-order valence-corrected chi connectivity index (χ4v) is 2.87. The van der Waals surface area contributed by atoms with Crippen molar-refractivity contribution in [3.05, 3.63) is 47.2 Å². The third-order valence-corrected chi connectivity index (χ3v) is 4.33. The molecule has 2 N–H and O–H groups in total. The number of aromatic nitrogens is 2. The topological polar surface area (TPSA) is 79.9 Å². The predicted molar refractivity (Wildman–Crippen MR) is 99.1 cm³/mol. The van der Waals surface area contributed by atoms with Gasteiger partial charge in [0.25, 0.3) is 0 Å². The van der Waals surface area contributed by atoms with Crippen molar-refractivity contribution in [2.45, 2.75) is 6.54 Å². The zero-order valence-electron chi connectivity index (χ0n) is 14.1. The fraction of sp³-hybridized carbons (Fsp3) is 0.353. The first-order chi connectivity index (χ1) is 12.2. The average molecular weight is 361 g/mol. The summed E-state index contributed by atoms with van der Waals surface area (Å²) in [5.74, 6) is 2.00. The van der Waals surface area contributed by atoms with Crippen LogP contribution >= 0.6 is 11.6 Å². The molecule has 0 radical (unpaired) electrons. The molecule has 8 heteroatoms. The third kappa shape index (κ3) is 4.30. The first-order valence-electron chi connectivity index (χ1n) is 8.06. The number of ether oxygens (including phenoxy) is 1. The molecule has 0 atom stereocenters. The van der Waals surface area contributed by atoms with Gasteiger partial charge in [0.2, 0.25) is 5.95 Å². The molecule has 1 aromatic heterocycles. The van der Waals surface area contributed by atoms with E-state index in [0.29, 0.717) is 17.5 Å². The zero-order chi connectivity index (χ0) is 17.6. The predicted octanol–water partition coefficient (Wildman–Crippen LogP) is 1.78. The van der Waals surface area contributed by atoms with E-state index in [1.54, 1.807) is 25.6 Å². The van der Waals surface area contributed by atoms with Crippen molar-refractivity contribution in [1.82, 2.24) is 14.9 Å². The van der Waals surface area contributed by atoms with Gasteiger partial charge in [0, 0.05) is 49.2 Å². The minimum absolute atomic E-state index is 0.453. The smallest absolute Gasteiger partial charge is 0.225 e. The van der Waals surface area contributed by atoms with Gasteiger partial charge < -0.3 is 20.3 Å². The van der Waals surface area contributed by atoms with Crippen LogP contribution in [0, 0.1) is 0 Å². The van der Waals surface area contributed by atoms with Crippen LogP contribution in [0.3, 0.4) is 0 Å². The summed E-state index contributed by atoms with van der Waals surface area (Å²) < 4.78 is 5.34. The van der Waals surface area contributed by atoms with Crippen LogP contribution in [-0.2, 0) is 6.54 Å². The number of halogens is 1. The summed E-state index contributed by atoms with van der Waals surface area (Å²) >= 11 is 5.98. The highest BCUT2D eigenvalue weighted by molar-refractivity contribution is 6.30. The van der Waals surface area contributed by atoms with Crippen LogP contribution in [0.25, 0.3) is 0 Å². The number of hydrogen-bond donors (Lipinski definition) is 1. The van der Waals surface area contributed by atoms with Gasteiger partial charge in [-0.15, -0.1) is 0 Å². The fourth-order valence-electron chi connectivity index (χ4n) is 2.71. The zero-order valence-corrected chi connectivity index (χ0v) is 14.9. The number of guanidine groups is 1. The second kappa shape index (κ2) is 8.02. The normalized spacial score (nSPS) is 15.4. The number of rotatable bonds is 4. The van der Waals surface area contributed by atoms with Crippen LogP contribution in [0.5, 0.6) is 5.75 Å². The van der Waals surface area contributed by atoms with Gasteiger partial charge in [0.05, 0.1) is 13.7 Å². The summed E-state index contributed by atoms with van der Waals surface area (Å²) in [5.41, 5.74) is 7.11. The molecule has 1 aliphatic rings. The molecule has 2 aromatic rings. The summed E-state index contributed by atoms with van der Waals surface area (Å²) in [6.45, 7) is 3.64. The number of benzene rings is 1. The van der Waals surface area contributed by atoms with Crippen LogP contribution < -0.4 is 15.4 Å². The van der Waals surface area contributed by atoms with Gasteiger partial charge in [-0.25, -0.2) is 15.0 Å². The Hall–Kier alpha value is -2.54. The molecule has 7 nitrogen and oxygen atoms in total. The number of hydrogen-bond acceptors (Lipinski definition) is 5. The molecule has 132 valence electrons. The Morgan fingerprint density at radius 3 is 2.64 bits per heavy atom. The van der Waals surface area contributed by atoms with Crippen molar-refractivity contribution in [3.63, 3.8) is 0 Å². The maximum atomic E-state index is 6.16. The van der Waals surface area contributed by atoms with Crippen LogP contribution in [0.15, 0.2) is 41.7 Å². The van der Waals surface area contributed by atoms with Crippen molar-refractivity contribution in [2.24, 2.45) is 10.7 Å². The van der Waals surface area contributed by atoms with Crippen molar-refractivity contribution in [1.29, 1.82) is 0 Å². The van der Waals surface area contributed by atoms with Crippen LogP contribution in [0.1, 0.15) is 5.56 Å². The second-order valence-electron chi connectivity index (χ2n) is 5.65. The molecule has 0 unspecified atom stereocenters. The number of nitrogens with zero attached hydrogens (tertiary/aromatic N) is 5. The SMILES string of the molecule is COc1cc(Cl)ccc1CN=C(N)N1CCN(c2ncccn2)CC1. The lowest BCUT2D eigenvalue weighted by Crippen LogP contribution is -2.51. The van der Waals surface area contributed by atoms with E-state index in [2.05, 4.69) is 24.8 Å². The molecular weight excluding hydrogens is 340 g/mol. The van der Waals surface area contributed by atoms with E-state index in [1.165, 1.54) is 0 Å². The molecule has 0 amide bonds. The minimum Gasteiger partial charge on any atom is -0.496 e. The van der Waals surface area contributed by atoms with E-state index in [1.807, 2.05) is 18.2 Å². The summed E-state index contributed by atoms with van der Waals surface area (Å²) in [7, 11) is 1.62. The van der Waals surface area contributed by atoms with Gasteiger partial charge in [-0.05, 0) is 18.2 Å². The first-order valence-corrected chi connectivity index (χ1v) is 8.44. The van der Waals surface area contributed by atoms with Crippen molar-refractivity contribution < 1.29 is 4.74 Å². The Morgan fingerprint density at radius 1 is 1.24 bits per heavy atom. The second-order valence-corrected chi connectivity index (χ2v) is 6.09. The molecule has 0 bridgehead atoms. The van der Waals surface area contributed by atoms with Gasteiger partial charge in [-0.1, -0.05) is 17.7 Å². The summed E-state index contributed by atoms with van der Waals surface area (Å²) in [5, 5.41) is 0.636. The van der Waals surface area contributed by atoms with Crippen molar-refractivity contribution in [3.8, 4) is 5.75 Å². The number of anilines is 1. The van der Waals surface area contributed by atoms with E-state index in [9.17, 15) is 0 Å². The van der Waals surface area contributed by atoms with Crippen LogP contribution in [0.2, 0.25) is 5.02 Å². The Bertz CT molecular complexity index is 731. The van der Waals surface area contributed by atoms with Gasteiger partial charge in [0.15, 0.2) is 5.96 Å². The number of piperazine rings is 1. The van der Waals surface area contributed by atoms with Gasteiger partial charge in [-0.2, -0.15) is 0 Å². The molecule has 3 rings (SSSR count). The van der Waals surface area contributed by atoms with E-state index >= 15 is 0 Å². The maximum Gasteiger partial charge on any atom is 0.225 e. The largest absolute Gasteiger partial charge is 0.496 e. The van der Waals surface area contributed by atoms with Crippen LogP contribution in [-0.4, -0.2) is 54.1 Å². The Balaban J connectivity index is 1.59. The molecule has 0 saturated carbocycles. The number of methoxy groups -OCH3 is 1. The summed E-state index contributed by atoms with van der Waals surface area (Å²) in [4.78, 5) is 17.3. The third-order valence-electron chi connectivity index (χ3n) is 4.10. The number of aliphatic imine (C=N–C) groups is 1. The average Bonchev–Trinajstić information content (AvgIpc) is 2.67. The lowest BCUT2D eigenvalue weighted by atomic mass is 10.2. The van der Waals surface area contributed by atoms with E-state index in [4.69, 9.17) is 22.1 Å². The monoisotopic (exact) mass is 360 g/mol. The van der Waals surface area contributed by atoms with E-state index in [-0.39, 0.29) is 0 Å². The highest BCUT2D eigenvalue weighted by Crippen LogP contribution is 2.23. The highest BCUT2D eigenvalue weighted by atomic mass is 35.5. The Labute approximate surface area is 152 Å². The van der Waals surface area contributed by atoms with E-state index in [0.717, 1.165) is 43.4 Å². The number of nitrogens with two attached hydrogens (primary N) is 1. The van der Waals surface area contributed by atoms with Gasteiger partial charge in [0.1, 0.15) is 5.75 Å². The lowest BCUT2D eigenvalue weighted by molar-refractivity contribution is 0.377. The van der Waals surface area contributed by atoms with Gasteiger partial charge in [-0.3, -0.25) is 0 Å². The lowest BCUT2D eigenvalue weighted by Gasteiger charge is -2.35.